The van der Waals surface area contributed by atoms with Gasteiger partial charge >= 0.3 is 0 Å². The normalized spacial score (nSPS) is 22.8. The van der Waals surface area contributed by atoms with Gasteiger partial charge in [-0.1, -0.05) is 20.8 Å². The zero-order chi connectivity index (χ0) is 14.0. The average molecular weight is 254 g/mol. The highest BCUT2D eigenvalue weighted by Gasteiger charge is 2.33. The van der Waals surface area contributed by atoms with Gasteiger partial charge in [0, 0.05) is 19.6 Å². The average Bonchev–Trinajstić information content (AvgIpc) is 2.52. The van der Waals surface area contributed by atoms with Crippen LogP contribution in [-0.4, -0.2) is 30.4 Å². The minimum atomic E-state index is -0.415. The molecule has 2 N–H and O–H groups in total. The molecule has 0 radical (unpaired) electrons. The molecule has 0 saturated carbocycles. The minimum Gasteiger partial charge on any atom is -0.342 e. The second kappa shape index (κ2) is 5.60. The first-order valence-corrected chi connectivity index (χ1v) is 7.18. The fourth-order valence-electron chi connectivity index (χ4n) is 2.68. The van der Waals surface area contributed by atoms with Gasteiger partial charge in [-0.3, -0.25) is 4.79 Å². The van der Waals surface area contributed by atoms with Crippen LogP contribution in [0.3, 0.4) is 0 Å². The Morgan fingerprint density at radius 3 is 2.28 bits per heavy atom. The summed E-state index contributed by atoms with van der Waals surface area (Å²) < 4.78 is 0. The maximum atomic E-state index is 12.4. The Balaban J connectivity index is 2.65. The zero-order valence-electron chi connectivity index (χ0n) is 12.8. The van der Waals surface area contributed by atoms with E-state index in [1.54, 1.807) is 0 Å². The molecule has 0 bridgehead atoms. The molecular weight excluding hydrogens is 224 g/mol. The highest BCUT2D eigenvalue weighted by Crippen LogP contribution is 2.34. The van der Waals surface area contributed by atoms with Crippen molar-refractivity contribution in [2.75, 3.05) is 19.6 Å². The molecule has 0 aromatic carbocycles. The third kappa shape index (κ3) is 3.71. The van der Waals surface area contributed by atoms with E-state index in [1.807, 2.05) is 18.7 Å². The van der Waals surface area contributed by atoms with Crippen molar-refractivity contribution < 1.29 is 4.79 Å². The minimum absolute atomic E-state index is 0.222. The van der Waals surface area contributed by atoms with Crippen molar-refractivity contribution in [2.24, 2.45) is 22.5 Å². The summed E-state index contributed by atoms with van der Waals surface area (Å²) in [6.45, 7) is 13.0. The number of rotatable bonds is 2. The first-order valence-electron chi connectivity index (χ1n) is 7.18. The topological polar surface area (TPSA) is 46.3 Å². The van der Waals surface area contributed by atoms with Gasteiger partial charge < -0.3 is 10.6 Å². The van der Waals surface area contributed by atoms with Gasteiger partial charge in [-0.2, -0.15) is 0 Å². The van der Waals surface area contributed by atoms with Crippen LogP contribution in [0.2, 0.25) is 0 Å². The Kier molecular flexibility index (Phi) is 4.82. The Morgan fingerprint density at radius 2 is 1.78 bits per heavy atom. The fourth-order valence-corrected chi connectivity index (χ4v) is 2.68. The van der Waals surface area contributed by atoms with Crippen molar-refractivity contribution in [1.82, 2.24) is 4.90 Å². The summed E-state index contributed by atoms with van der Waals surface area (Å²) in [4.78, 5) is 14.4. The lowest BCUT2D eigenvalue weighted by molar-refractivity contribution is -0.139. The highest BCUT2D eigenvalue weighted by molar-refractivity contribution is 5.82. The Bertz CT molecular complexity index is 291. The van der Waals surface area contributed by atoms with Gasteiger partial charge in [-0.05, 0) is 44.4 Å². The zero-order valence-corrected chi connectivity index (χ0v) is 12.8. The van der Waals surface area contributed by atoms with Crippen LogP contribution in [0, 0.1) is 16.7 Å². The van der Waals surface area contributed by atoms with E-state index in [2.05, 4.69) is 20.8 Å². The molecule has 0 spiro atoms. The molecule has 3 heteroatoms. The van der Waals surface area contributed by atoms with Crippen molar-refractivity contribution in [1.29, 1.82) is 0 Å². The van der Waals surface area contributed by atoms with Crippen molar-refractivity contribution in [3.05, 3.63) is 0 Å². The first kappa shape index (κ1) is 15.5. The molecular formula is C15H30N2O. The van der Waals surface area contributed by atoms with Crippen LogP contribution in [0.4, 0.5) is 0 Å². The van der Waals surface area contributed by atoms with Crippen molar-refractivity contribution in [3.63, 3.8) is 0 Å². The molecule has 1 fully saturated rings. The lowest BCUT2D eigenvalue weighted by Gasteiger charge is -2.32. The van der Waals surface area contributed by atoms with Gasteiger partial charge in [0.25, 0.3) is 0 Å². The van der Waals surface area contributed by atoms with E-state index in [0.29, 0.717) is 12.0 Å². The number of hydrogen-bond acceptors (Lipinski definition) is 2. The predicted molar refractivity (Wildman–Crippen MR) is 76.2 cm³/mol. The molecule has 1 amide bonds. The van der Waals surface area contributed by atoms with Crippen LogP contribution in [0.5, 0.6) is 0 Å². The predicted octanol–water partition coefficient (Wildman–Crippen LogP) is 2.65. The van der Waals surface area contributed by atoms with Gasteiger partial charge in [0.1, 0.15) is 0 Å². The third-order valence-electron chi connectivity index (χ3n) is 4.33. The molecule has 0 aliphatic carbocycles. The molecule has 106 valence electrons. The summed E-state index contributed by atoms with van der Waals surface area (Å²) in [5.41, 5.74) is 5.64. The third-order valence-corrected chi connectivity index (χ3v) is 4.33. The summed E-state index contributed by atoms with van der Waals surface area (Å²) in [6, 6.07) is 0. The smallest absolute Gasteiger partial charge is 0.229 e. The van der Waals surface area contributed by atoms with E-state index in [-0.39, 0.29) is 5.91 Å². The van der Waals surface area contributed by atoms with E-state index in [9.17, 15) is 4.79 Å². The van der Waals surface area contributed by atoms with Crippen LogP contribution in [0.15, 0.2) is 0 Å². The van der Waals surface area contributed by atoms with Crippen molar-refractivity contribution >= 4 is 5.91 Å². The summed E-state index contributed by atoms with van der Waals surface area (Å²) >= 11 is 0. The molecule has 1 aliphatic rings. The van der Waals surface area contributed by atoms with E-state index >= 15 is 0 Å². The molecule has 1 unspecified atom stereocenters. The Hall–Kier alpha value is -0.570. The summed E-state index contributed by atoms with van der Waals surface area (Å²) in [7, 11) is 0. The molecule has 0 aromatic rings. The molecule has 0 aromatic heterocycles. The first-order chi connectivity index (χ1) is 8.18. The van der Waals surface area contributed by atoms with Crippen LogP contribution < -0.4 is 5.73 Å². The number of carbonyl (C=O) groups excluding carboxylic acids is 1. The second-order valence-corrected chi connectivity index (χ2v) is 7.37. The fraction of sp³-hybridized carbons (Fsp3) is 0.933. The van der Waals surface area contributed by atoms with Gasteiger partial charge in [-0.25, -0.2) is 0 Å². The van der Waals surface area contributed by atoms with Gasteiger partial charge in [0.15, 0.2) is 0 Å². The summed E-state index contributed by atoms with van der Waals surface area (Å²) in [5.74, 6) is 0.941. The SMILES string of the molecule is CC(C)(CN)C(=O)N1CCCC(C(C)(C)C)CC1. The number of carbonyl (C=O) groups is 1. The van der Waals surface area contributed by atoms with Gasteiger partial charge in [-0.15, -0.1) is 0 Å². The largest absolute Gasteiger partial charge is 0.342 e. The monoisotopic (exact) mass is 254 g/mol. The lowest BCUT2D eigenvalue weighted by atomic mass is 9.77. The highest BCUT2D eigenvalue weighted by atomic mass is 16.2. The molecule has 1 heterocycles. The summed E-state index contributed by atoms with van der Waals surface area (Å²) in [6.07, 6.45) is 3.47. The van der Waals surface area contributed by atoms with E-state index < -0.39 is 5.41 Å². The number of likely N-dealkylation sites (tertiary alicyclic amines) is 1. The lowest BCUT2D eigenvalue weighted by Crippen LogP contribution is -2.45. The molecule has 3 nitrogen and oxygen atoms in total. The molecule has 1 saturated heterocycles. The summed E-state index contributed by atoms with van der Waals surface area (Å²) in [5, 5.41) is 0. The second-order valence-electron chi connectivity index (χ2n) is 7.37. The number of amides is 1. The van der Waals surface area contributed by atoms with Gasteiger partial charge in [0.05, 0.1) is 5.41 Å². The van der Waals surface area contributed by atoms with Crippen LogP contribution in [0.1, 0.15) is 53.9 Å². The van der Waals surface area contributed by atoms with E-state index in [1.165, 1.54) is 6.42 Å². The Morgan fingerprint density at radius 1 is 1.17 bits per heavy atom. The molecule has 1 rings (SSSR count). The van der Waals surface area contributed by atoms with Crippen LogP contribution in [-0.2, 0) is 4.79 Å². The van der Waals surface area contributed by atoms with Crippen molar-refractivity contribution in [3.8, 4) is 0 Å². The van der Waals surface area contributed by atoms with E-state index in [4.69, 9.17) is 5.73 Å². The number of nitrogens with two attached hydrogens (primary N) is 1. The number of nitrogens with zero attached hydrogens (tertiary/aromatic N) is 1. The maximum absolute atomic E-state index is 12.4. The standard InChI is InChI=1S/C15H30N2O/c1-14(2,3)12-7-6-9-17(10-8-12)13(18)15(4,5)11-16/h12H,6-11,16H2,1-5H3. The quantitative estimate of drug-likeness (QED) is 0.823. The molecule has 1 aliphatic heterocycles. The van der Waals surface area contributed by atoms with Gasteiger partial charge in [0.2, 0.25) is 5.91 Å². The maximum Gasteiger partial charge on any atom is 0.229 e. The Labute approximate surface area is 112 Å². The number of hydrogen-bond donors (Lipinski definition) is 1. The van der Waals surface area contributed by atoms with E-state index in [0.717, 1.165) is 31.8 Å². The molecule has 18 heavy (non-hydrogen) atoms. The van der Waals surface area contributed by atoms with Crippen molar-refractivity contribution in [2.45, 2.75) is 53.9 Å². The van der Waals surface area contributed by atoms with Crippen LogP contribution in [0.25, 0.3) is 0 Å². The molecule has 1 atom stereocenters. The van der Waals surface area contributed by atoms with Crippen LogP contribution >= 0.6 is 0 Å².